The van der Waals surface area contributed by atoms with Crippen LogP contribution in [0.15, 0.2) is 54.9 Å². The molecule has 2 aromatic heterocycles. The third-order valence-corrected chi connectivity index (χ3v) is 3.18. The first-order valence-electron chi connectivity index (χ1n) is 6.50. The molecule has 100 valence electrons. The van der Waals surface area contributed by atoms with Crippen LogP contribution in [0.2, 0.25) is 0 Å². The maximum Gasteiger partial charge on any atom is 0.123 e. The zero-order valence-electron chi connectivity index (χ0n) is 10.9. The number of aromatic nitrogens is 3. The minimum absolute atomic E-state index is 0.200. The topological polar surface area (TPSA) is 41.6 Å². The molecule has 0 amide bonds. The van der Waals surface area contributed by atoms with Crippen molar-refractivity contribution in [2.75, 3.05) is 0 Å². The molecule has 0 bridgehead atoms. The summed E-state index contributed by atoms with van der Waals surface area (Å²) in [6.45, 7) is 0. The highest BCUT2D eigenvalue weighted by atomic mass is 19.1. The van der Waals surface area contributed by atoms with E-state index in [1.807, 2.05) is 30.3 Å². The van der Waals surface area contributed by atoms with Gasteiger partial charge in [-0.3, -0.25) is 10.1 Å². The Morgan fingerprint density at radius 1 is 1.05 bits per heavy atom. The van der Waals surface area contributed by atoms with Crippen molar-refractivity contribution in [3.63, 3.8) is 0 Å². The molecule has 3 rings (SSSR count). The van der Waals surface area contributed by atoms with E-state index in [1.165, 1.54) is 12.1 Å². The molecule has 1 aromatic carbocycles. The first kappa shape index (κ1) is 12.5. The van der Waals surface area contributed by atoms with Crippen LogP contribution in [0.3, 0.4) is 0 Å². The fourth-order valence-corrected chi connectivity index (χ4v) is 2.08. The summed E-state index contributed by atoms with van der Waals surface area (Å²) in [5.74, 6) is -0.200. The Labute approximate surface area is 116 Å². The number of nitrogens with one attached hydrogen (secondary N) is 1. The van der Waals surface area contributed by atoms with Gasteiger partial charge in [0.15, 0.2) is 0 Å². The lowest BCUT2D eigenvalue weighted by Gasteiger charge is -1.99. The molecule has 2 heterocycles. The van der Waals surface area contributed by atoms with Crippen LogP contribution in [0, 0.1) is 5.82 Å². The van der Waals surface area contributed by atoms with E-state index in [-0.39, 0.29) is 5.82 Å². The summed E-state index contributed by atoms with van der Waals surface area (Å²) in [5.41, 5.74) is 4.07. The SMILES string of the molecule is Fc1ccc(CCc2cc(-c3cccnc3)n[nH]2)cc1. The van der Waals surface area contributed by atoms with Crippen LogP contribution < -0.4 is 0 Å². The zero-order chi connectivity index (χ0) is 13.8. The molecule has 0 saturated heterocycles. The predicted molar refractivity (Wildman–Crippen MR) is 75.6 cm³/mol. The van der Waals surface area contributed by atoms with Crippen LogP contribution in [0.25, 0.3) is 11.3 Å². The van der Waals surface area contributed by atoms with E-state index in [0.717, 1.165) is 35.4 Å². The van der Waals surface area contributed by atoms with Crippen LogP contribution >= 0.6 is 0 Å². The Morgan fingerprint density at radius 2 is 1.90 bits per heavy atom. The lowest BCUT2D eigenvalue weighted by Crippen LogP contribution is -1.91. The molecule has 0 saturated carbocycles. The van der Waals surface area contributed by atoms with Gasteiger partial charge in [0.2, 0.25) is 0 Å². The van der Waals surface area contributed by atoms with Crippen molar-refractivity contribution in [1.82, 2.24) is 15.2 Å². The molecule has 4 heteroatoms. The number of H-pyrrole nitrogens is 1. The van der Waals surface area contributed by atoms with Crippen molar-refractivity contribution in [3.8, 4) is 11.3 Å². The van der Waals surface area contributed by atoms with E-state index in [1.54, 1.807) is 12.4 Å². The number of benzene rings is 1. The van der Waals surface area contributed by atoms with Crippen LogP contribution in [0.4, 0.5) is 4.39 Å². The maximum atomic E-state index is 12.8. The Balaban J connectivity index is 1.67. The quantitative estimate of drug-likeness (QED) is 0.787. The summed E-state index contributed by atoms with van der Waals surface area (Å²) in [7, 11) is 0. The molecule has 0 aliphatic rings. The molecule has 0 radical (unpaired) electrons. The van der Waals surface area contributed by atoms with Crippen molar-refractivity contribution in [3.05, 3.63) is 71.9 Å². The third kappa shape index (κ3) is 2.91. The number of halogens is 1. The molecule has 0 fully saturated rings. The predicted octanol–water partition coefficient (Wildman–Crippen LogP) is 3.40. The van der Waals surface area contributed by atoms with Gasteiger partial charge >= 0.3 is 0 Å². The van der Waals surface area contributed by atoms with Gasteiger partial charge in [0.25, 0.3) is 0 Å². The Morgan fingerprint density at radius 3 is 2.65 bits per heavy atom. The molecule has 0 atom stereocenters. The number of hydrogen-bond donors (Lipinski definition) is 1. The van der Waals surface area contributed by atoms with E-state index in [9.17, 15) is 4.39 Å². The summed E-state index contributed by atoms with van der Waals surface area (Å²) in [4.78, 5) is 4.08. The highest BCUT2D eigenvalue weighted by molar-refractivity contribution is 5.57. The largest absolute Gasteiger partial charge is 0.282 e. The van der Waals surface area contributed by atoms with Crippen LogP contribution in [0.1, 0.15) is 11.3 Å². The second kappa shape index (κ2) is 5.65. The summed E-state index contributed by atoms with van der Waals surface area (Å²) in [6, 6.07) is 12.5. The van der Waals surface area contributed by atoms with Crippen LogP contribution in [0.5, 0.6) is 0 Å². The normalized spacial score (nSPS) is 10.7. The highest BCUT2D eigenvalue weighted by Crippen LogP contribution is 2.17. The van der Waals surface area contributed by atoms with Gasteiger partial charge < -0.3 is 0 Å². The van der Waals surface area contributed by atoms with Gasteiger partial charge in [0, 0.05) is 23.7 Å². The lowest BCUT2D eigenvalue weighted by molar-refractivity contribution is 0.627. The highest BCUT2D eigenvalue weighted by Gasteiger charge is 2.04. The maximum absolute atomic E-state index is 12.8. The fourth-order valence-electron chi connectivity index (χ4n) is 2.08. The summed E-state index contributed by atoms with van der Waals surface area (Å²) >= 11 is 0. The number of aryl methyl sites for hydroxylation is 2. The number of aromatic amines is 1. The van der Waals surface area contributed by atoms with Gasteiger partial charge in [-0.1, -0.05) is 12.1 Å². The molecular weight excluding hydrogens is 253 g/mol. The number of rotatable bonds is 4. The van der Waals surface area contributed by atoms with Crippen LogP contribution in [-0.4, -0.2) is 15.2 Å². The van der Waals surface area contributed by atoms with Crippen molar-refractivity contribution in [1.29, 1.82) is 0 Å². The van der Waals surface area contributed by atoms with E-state index in [4.69, 9.17) is 0 Å². The van der Waals surface area contributed by atoms with Gasteiger partial charge in [-0.05, 0) is 48.7 Å². The molecule has 0 aliphatic carbocycles. The van der Waals surface area contributed by atoms with Gasteiger partial charge in [0.05, 0.1) is 5.69 Å². The second-order valence-electron chi connectivity index (χ2n) is 4.65. The zero-order valence-corrected chi connectivity index (χ0v) is 10.9. The molecule has 3 nitrogen and oxygen atoms in total. The molecule has 0 aliphatic heterocycles. The van der Waals surface area contributed by atoms with Crippen LogP contribution in [-0.2, 0) is 12.8 Å². The van der Waals surface area contributed by atoms with E-state index >= 15 is 0 Å². The Bertz CT molecular complexity index is 674. The fraction of sp³-hybridized carbons (Fsp3) is 0.125. The molecular formula is C16H14FN3. The Kier molecular flexibility index (Phi) is 3.54. The second-order valence-corrected chi connectivity index (χ2v) is 4.65. The van der Waals surface area contributed by atoms with Gasteiger partial charge in [-0.25, -0.2) is 4.39 Å². The lowest BCUT2D eigenvalue weighted by atomic mass is 10.1. The van der Waals surface area contributed by atoms with E-state index < -0.39 is 0 Å². The first-order valence-corrected chi connectivity index (χ1v) is 6.50. The van der Waals surface area contributed by atoms with E-state index in [2.05, 4.69) is 15.2 Å². The molecule has 1 N–H and O–H groups in total. The summed E-state index contributed by atoms with van der Waals surface area (Å²) in [6.07, 6.45) is 5.24. The minimum Gasteiger partial charge on any atom is -0.282 e. The van der Waals surface area contributed by atoms with E-state index in [0.29, 0.717) is 0 Å². The monoisotopic (exact) mass is 267 g/mol. The number of pyridine rings is 1. The average Bonchev–Trinajstić information content (AvgIpc) is 2.97. The standard InChI is InChI=1S/C16H14FN3/c17-14-6-3-12(4-7-14)5-8-15-10-16(20-19-15)13-2-1-9-18-11-13/h1-4,6-7,9-11H,5,8H2,(H,19,20). The van der Waals surface area contributed by atoms with Gasteiger partial charge in [-0.2, -0.15) is 5.10 Å². The number of nitrogens with zero attached hydrogens (tertiary/aromatic N) is 2. The molecule has 0 unspecified atom stereocenters. The van der Waals surface area contributed by atoms with Gasteiger partial charge in [0.1, 0.15) is 5.82 Å². The molecule has 3 aromatic rings. The van der Waals surface area contributed by atoms with Crippen molar-refractivity contribution in [2.45, 2.75) is 12.8 Å². The van der Waals surface area contributed by atoms with Crippen molar-refractivity contribution >= 4 is 0 Å². The van der Waals surface area contributed by atoms with Crippen molar-refractivity contribution in [2.24, 2.45) is 0 Å². The summed E-state index contributed by atoms with van der Waals surface area (Å²) < 4.78 is 12.8. The summed E-state index contributed by atoms with van der Waals surface area (Å²) in [5, 5.41) is 7.32. The smallest absolute Gasteiger partial charge is 0.123 e. The average molecular weight is 267 g/mol. The number of hydrogen-bond acceptors (Lipinski definition) is 2. The molecule has 20 heavy (non-hydrogen) atoms. The van der Waals surface area contributed by atoms with Crippen molar-refractivity contribution < 1.29 is 4.39 Å². The van der Waals surface area contributed by atoms with Gasteiger partial charge in [-0.15, -0.1) is 0 Å². The third-order valence-electron chi connectivity index (χ3n) is 3.18. The minimum atomic E-state index is -0.200. The first-order chi connectivity index (χ1) is 9.81. The Hall–Kier alpha value is -2.49. The molecule has 0 spiro atoms.